The van der Waals surface area contributed by atoms with Crippen LogP contribution in [0.15, 0.2) is 98.6 Å². The van der Waals surface area contributed by atoms with Crippen LogP contribution in [0.25, 0.3) is 23.1 Å². The van der Waals surface area contributed by atoms with E-state index in [2.05, 4.69) is 12.1 Å². The van der Waals surface area contributed by atoms with E-state index < -0.39 is 4.92 Å². The number of aryl methyl sites for hydroxylation is 1. The fourth-order valence-corrected chi connectivity index (χ4v) is 6.87. The summed E-state index contributed by atoms with van der Waals surface area (Å²) in [6, 6.07) is 23.6. The number of nitro benzene ring substituents is 1. The fraction of sp³-hybridized carbons (Fsp3) is 0.152. The van der Waals surface area contributed by atoms with Gasteiger partial charge in [0.1, 0.15) is 23.0 Å². The monoisotopic (exact) mass is 591 g/mol. The number of methoxy groups -OCH3 is 2. The maximum Gasteiger partial charge on any atom is 0.273 e. The van der Waals surface area contributed by atoms with Crippen LogP contribution in [0.1, 0.15) is 34.9 Å². The molecular weight excluding hydrogens is 566 g/mol. The van der Waals surface area contributed by atoms with Crippen molar-refractivity contribution in [1.29, 1.82) is 0 Å². The number of hydrogen-bond acceptors (Lipinski definition) is 8. The van der Waals surface area contributed by atoms with Gasteiger partial charge in [0, 0.05) is 23.3 Å². The number of nitrogens with zero attached hydrogens (tertiary/aromatic N) is 3. The second-order valence-electron chi connectivity index (χ2n) is 10.2. The first-order valence-electron chi connectivity index (χ1n) is 13.7. The Bertz CT molecular complexity index is 2140. The molecule has 1 atom stereocenters. The molecule has 0 amide bonds. The van der Waals surface area contributed by atoms with Crippen LogP contribution in [0.5, 0.6) is 11.5 Å². The summed E-state index contributed by atoms with van der Waals surface area (Å²) in [7, 11) is 3.09. The van der Waals surface area contributed by atoms with Crippen molar-refractivity contribution in [1.82, 2.24) is 4.57 Å². The van der Waals surface area contributed by atoms with Gasteiger partial charge in [-0.25, -0.2) is 4.99 Å². The molecule has 9 nitrogen and oxygen atoms in total. The van der Waals surface area contributed by atoms with Crippen molar-refractivity contribution >= 4 is 28.8 Å². The summed E-state index contributed by atoms with van der Waals surface area (Å²) in [6.45, 7) is 0. The van der Waals surface area contributed by atoms with Gasteiger partial charge in [-0.15, -0.1) is 0 Å². The van der Waals surface area contributed by atoms with Crippen molar-refractivity contribution in [2.45, 2.75) is 18.9 Å². The lowest BCUT2D eigenvalue weighted by Gasteiger charge is -2.31. The fourth-order valence-electron chi connectivity index (χ4n) is 5.89. The average molecular weight is 592 g/mol. The number of rotatable bonds is 6. The Labute approximate surface area is 249 Å². The Morgan fingerprint density at radius 2 is 1.77 bits per heavy atom. The van der Waals surface area contributed by atoms with Gasteiger partial charge in [0.2, 0.25) is 0 Å². The van der Waals surface area contributed by atoms with E-state index in [9.17, 15) is 14.9 Å². The van der Waals surface area contributed by atoms with Crippen molar-refractivity contribution in [2.75, 3.05) is 14.2 Å². The number of furan rings is 1. The maximum atomic E-state index is 14.1. The Balaban J connectivity index is 1.38. The maximum absolute atomic E-state index is 14.1. The molecule has 0 radical (unpaired) electrons. The van der Waals surface area contributed by atoms with Crippen molar-refractivity contribution in [3.63, 3.8) is 0 Å². The molecule has 2 aromatic heterocycles. The third kappa shape index (κ3) is 4.47. The zero-order valence-electron chi connectivity index (χ0n) is 23.3. The molecular formula is C33H25N3O6S. The standard InChI is InChI=1S/C33H25N3O6S/c1-40-26-10-6-5-9-24(26)31-25-14-11-19-7-3-4-8-22(19)30(25)34-33-35(31)32(37)29(43-33)18-21-13-16-27(42-21)23-15-12-20(36(38)39)17-28(23)41-2/h3-10,12-13,15-18,31H,11,14H2,1-2H3/b29-18+/t31-/m1/s1. The van der Waals surface area contributed by atoms with Gasteiger partial charge < -0.3 is 13.9 Å². The van der Waals surface area contributed by atoms with Crippen molar-refractivity contribution < 1.29 is 18.8 Å². The van der Waals surface area contributed by atoms with Crippen LogP contribution < -0.4 is 24.4 Å². The summed E-state index contributed by atoms with van der Waals surface area (Å²) < 4.78 is 19.5. The smallest absolute Gasteiger partial charge is 0.273 e. The Morgan fingerprint density at radius 3 is 2.58 bits per heavy atom. The molecule has 214 valence electrons. The lowest BCUT2D eigenvalue weighted by molar-refractivity contribution is -0.384. The SMILES string of the molecule is COc1cc([N+](=O)[O-])ccc1-c1ccc(/C=c2/sc3n(c2=O)[C@H](c2ccccc2OC)C2=C(N=3)c3ccccc3CC2)o1. The van der Waals surface area contributed by atoms with E-state index >= 15 is 0 Å². The molecule has 1 aliphatic heterocycles. The van der Waals surface area contributed by atoms with E-state index in [1.165, 1.54) is 36.1 Å². The predicted octanol–water partition coefficient (Wildman–Crippen LogP) is 5.50. The summed E-state index contributed by atoms with van der Waals surface area (Å²) in [5.41, 5.74) is 5.56. The highest BCUT2D eigenvalue weighted by Gasteiger charge is 2.34. The number of fused-ring (bicyclic) bond motifs is 3. The molecule has 10 heteroatoms. The van der Waals surface area contributed by atoms with Crippen LogP contribution in [-0.4, -0.2) is 23.7 Å². The Morgan fingerprint density at radius 1 is 0.977 bits per heavy atom. The van der Waals surface area contributed by atoms with Crippen LogP contribution in [0.2, 0.25) is 0 Å². The Hall–Kier alpha value is -5.22. The highest BCUT2D eigenvalue weighted by Crippen LogP contribution is 2.43. The van der Waals surface area contributed by atoms with Gasteiger partial charge in [-0.05, 0) is 48.2 Å². The molecule has 2 aliphatic rings. The second-order valence-corrected chi connectivity index (χ2v) is 11.2. The molecule has 0 saturated carbocycles. The summed E-state index contributed by atoms with van der Waals surface area (Å²) in [6.07, 6.45) is 3.35. The molecule has 5 aromatic rings. The van der Waals surface area contributed by atoms with Gasteiger partial charge in [-0.2, -0.15) is 0 Å². The first kappa shape index (κ1) is 26.7. The van der Waals surface area contributed by atoms with Crippen LogP contribution in [-0.2, 0) is 6.42 Å². The zero-order chi connectivity index (χ0) is 29.7. The highest BCUT2D eigenvalue weighted by atomic mass is 32.1. The largest absolute Gasteiger partial charge is 0.496 e. The number of non-ortho nitro benzene ring substituents is 1. The summed E-state index contributed by atoms with van der Waals surface area (Å²) in [5, 5.41) is 11.2. The second kappa shape index (κ2) is 10.6. The highest BCUT2D eigenvalue weighted by molar-refractivity contribution is 7.07. The molecule has 0 N–H and O–H groups in total. The molecule has 0 unspecified atom stereocenters. The number of ether oxygens (including phenoxy) is 2. The van der Waals surface area contributed by atoms with E-state index in [1.54, 1.807) is 36.0 Å². The lowest BCUT2D eigenvalue weighted by atomic mass is 9.83. The third-order valence-corrected chi connectivity index (χ3v) is 8.85. The molecule has 3 heterocycles. The average Bonchev–Trinajstić information content (AvgIpc) is 3.63. The number of allylic oxidation sites excluding steroid dienone is 1. The van der Waals surface area contributed by atoms with Crippen molar-refractivity contribution in [3.05, 3.63) is 137 Å². The van der Waals surface area contributed by atoms with E-state index in [4.69, 9.17) is 18.9 Å². The summed E-state index contributed by atoms with van der Waals surface area (Å²) >= 11 is 1.31. The summed E-state index contributed by atoms with van der Waals surface area (Å²) in [4.78, 5) is 30.5. The number of hydrogen-bond donors (Lipinski definition) is 0. The van der Waals surface area contributed by atoms with Crippen LogP contribution in [0, 0.1) is 10.1 Å². The Kier molecular flexibility index (Phi) is 6.55. The van der Waals surface area contributed by atoms with Crippen LogP contribution in [0.4, 0.5) is 5.69 Å². The van der Waals surface area contributed by atoms with Gasteiger partial charge in [0.25, 0.3) is 11.2 Å². The molecule has 0 spiro atoms. The minimum absolute atomic E-state index is 0.0802. The molecule has 7 rings (SSSR count). The van der Waals surface area contributed by atoms with Gasteiger partial charge >= 0.3 is 0 Å². The molecule has 1 aliphatic carbocycles. The summed E-state index contributed by atoms with van der Waals surface area (Å²) in [5.74, 6) is 1.95. The number of nitro groups is 1. The van der Waals surface area contributed by atoms with E-state index in [1.807, 2.05) is 36.4 Å². The van der Waals surface area contributed by atoms with Gasteiger partial charge in [0.05, 0.1) is 47.0 Å². The number of para-hydroxylation sites is 1. The van der Waals surface area contributed by atoms with Crippen LogP contribution in [0.3, 0.4) is 0 Å². The first-order chi connectivity index (χ1) is 21.0. The molecule has 43 heavy (non-hydrogen) atoms. The van der Waals surface area contributed by atoms with E-state index in [-0.39, 0.29) is 17.3 Å². The first-order valence-corrected chi connectivity index (χ1v) is 14.5. The lowest BCUT2D eigenvalue weighted by Crippen LogP contribution is -2.38. The van der Waals surface area contributed by atoms with Gasteiger partial charge in [-0.1, -0.05) is 53.8 Å². The number of benzene rings is 3. The third-order valence-electron chi connectivity index (χ3n) is 7.87. The topological polar surface area (TPSA) is 109 Å². The van der Waals surface area contributed by atoms with Crippen molar-refractivity contribution in [3.8, 4) is 22.8 Å². The normalized spacial score (nSPS) is 15.8. The minimum Gasteiger partial charge on any atom is -0.496 e. The van der Waals surface area contributed by atoms with E-state index in [0.29, 0.717) is 37.9 Å². The molecule has 0 fully saturated rings. The number of aromatic nitrogens is 1. The van der Waals surface area contributed by atoms with Crippen LogP contribution >= 0.6 is 11.3 Å². The number of thiazole rings is 1. The zero-order valence-corrected chi connectivity index (χ0v) is 24.1. The molecule has 0 bridgehead atoms. The van der Waals surface area contributed by atoms with Gasteiger partial charge in [-0.3, -0.25) is 19.5 Å². The van der Waals surface area contributed by atoms with E-state index in [0.717, 1.165) is 35.2 Å². The predicted molar refractivity (Wildman–Crippen MR) is 163 cm³/mol. The molecule has 0 saturated heterocycles. The van der Waals surface area contributed by atoms with Crippen molar-refractivity contribution in [2.24, 2.45) is 4.99 Å². The molecule has 3 aromatic carbocycles. The van der Waals surface area contributed by atoms with Gasteiger partial charge in [0.15, 0.2) is 4.80 Å². The minimum atomic E-state index is -0.478. The quantitative estimate of drug-likeness (QED) is 0.191.